The van der Waals surface area contributed by atoms with Crippen molar-refractivity contribution in [2.45, 2.75) is 32.2 Å². The van der Waals surface area contributed by atoms with Crippen molar-refractivity contribution >= 4 is 22.9 Å². The molecule has 31 heavy (non-hydrogen) atoms. The van der Waals surface area contributed by atoms with Gasteiger partial charge in [0.15, 0.2) is 0 Å². The van der Waals surface area contributed by atoms with Crippen molar-refractivity contribution in [1.29, 1.82) is 0 Å². The summed E-state index contributed by atoms with van der Waals surface area (Å²) < 4.78 is 49.1. The third-order valence-electron chi connectivity index (χ3n) is 5.25. The number of hydrogen-bond donors (Lipinski definition) is 1. The third kappa shape index (κ3) is 4.36. The zero-order chi connectivity index (χ0) is 22.8. The number of ether oxygens (including phenoxy) is 1. The Labute approximate surface area is 178 Å². The van der Waals surface area contributed by atoms with E-state index in [0.717, 1.165) is 11.2 Å². The third-order valence-corrected chi connectivity index (χ3v) is 5.25. The van der Waals surface area contributed by atoms with Crippen LogP contribution in [0.15, 0.2) is 47.6 Å². The van der Waals surface area contributed by atoms with Gasteiger partial charge in [0.2, 0.25) is 5.60 Å². The summed E-state index contributed by atoms with van der Waals surface area (Å²) in [6.07, 6.45) is -1.92. The zero-order valence-corrected chi connectivity index (χ0v) is 17.8. The van der Waals surface area contributed by atoms with E-state index in [9.17, 15) is 18.3 Å². The van der Waals surface area contributed by atoms with Gasteiger partial charge in [0, 0.05) is 30.6 Å². The minimum atomic E-state index is -4.98. The Hall–Kier alpha value is -3.07. The molecule has 166 valence electrons. The van der Waals surface area contributed by atoms with Crippen molar-refractivity contribution < 1.29 is 23.0 Å². The van der Waals surface area contributed by atoms with E-state index in [1.165, 1.54) is 25.4 Å². The lowest BCUT2D eigenvalue weighted by molar-refractivity contribution is -0.272. The summed E-state index contributed by atoms with van der Waals surface area (Å²) in [5.41, 5.74) is -2.19. The number of aliphatic imine (C=N–C) groups is 1. The molecule has 0 saturated carbocycles. The van der Waals surface area contributed by atoms with Gasteiger partial charge in [0.25, 0.3) is 0 Å². The van der Waals surface area contributed by atoms with Crippen molar-refractivity contribution in [2.75, 3.05) is 20.7 Å². The highest BCUT2D eigenvalue weighted by atomic mass is 19.4. The minimum Gasteiger partial charge on any atom is -0.496 e. The number of benzene rings is 2. The number of halogens is 3. The molecule has 0 aliphatic heterocycles. The first-order valence-corrected chi connectivity index (χ1v) is 9.74. The molecule has 0 amide bonds. The molecule has 0 aliphatic carbocycles. The summed E-state index contributed by atoms with van der Waals surface area (Å²) >= 11 is 0. The van der Waals surface area contributed by atoms with Crippen molar-refractivity contribution in [1.82, 2.24) is 14.7 Å². The Morgan fingerprint density at radius 1 is 1.26 bits per heavy atom. The molecule has 0 fully saturated rings. The molecule has 1 N–H and O–H groups in total. The largest absolute Gasteiger partial charge is 0.496 e. The molecule has 1 atom stereocenters. The Morgan fingerprint density at radius 3 is 2.61 bits per heavy atom. The molecule has 3 aromatic rings. The number of alkyl halides is 3. The first-order chi connectivity index (χ1) is 14.6. The van der Waals surface area contributed by atoms with Crippen LogP contribution in [0.2, 0.25) is 0 Å². The lowest BCUT2D eigenvalue weighted by Crippen LogP contribution is -2.46. The Bertz CT molecular complexity index is 1090. The molecule has 3 rings (SSSR count). The smallest absolute Gasteiger partial charge is 0.423 e. The Morgan fingerprint density at radius 2 is 1.97 bits per heavy atom. The van der Waals surface area contributed by atoms with E-state index in [2.05, 4.69) is 10.1 Å². The van der Waals surface area contributed by atoms with Gasteiger partial charge in [-0.25, -0.2) is 4.99 Å². The Balaban J connectivity index is 2.12. The average molecular weight is 434 g/mol. The predicted molar refractivity (Wildman–Crippen MR) is 114 cm³/mol. The number of nitrogens with zero attached hydrogens (tertiary/aromatic N) is 4. The van der Waals surface area contributed by atoms with E-state index in [-0.39, 0.29) is 11.3 Å². The van der Waals surface area contributed by atoms with Crippen molar-refractivity contribution in [3.8, 4) is 5.75 Å². The van der Waals surface area contributed by atoms with E-state index in [1.807, 2.05) is 18.9 Å². The van der Waals surface area contributed by atoms with E-state index >= 15 is 0 Å². The number of aryl methyl sites for hydroxylation is 1. The van der Waals surface area contributed by atoms with E-state index in [0.29, 0.717) is 22.2 Å². The number of methoxy groups -OCH3 is 1. The van der Waals surface area contributed by atoms with Gasteiger partial charge in [0.1, 0.15) is 5.75 Å². The number of aromatic nitrogens is 2. The molecule has 0 saturated heterocycles. The van der Waals surface area contributed by atoms with Gasteiger partial charge in [-0.2, -0.15) is 18.3 Å². The molecule has 1 heterocycles. The number of aliphatic hydroxyl groups is 1. The maximum atomic E-state index is 14.2. The molecular weight excluding hydrogens is 409 g/mol. The number of hydrogen-bond acceptors (Lipinski definition) is 4. The topological polar surface area (TPSA) is 62.9 Å². The van der Waals surface area contributed by atoms with Crippen LogP contribution in [0, 0.1) is 6.92 Å². The van der Waals surface area contributed by atoms with E-state index in [1.54, 1.807) is 37.5 Å². The van der Waals surface area contributed by atoms with Crippen LogP contribution in [0.4, 0.5) is 18.9 Å². The van der Waals surface area contributed by atoms with E-state index < -0.39 is 18.3 Å². The maximum absolute atomic E-state index is 14.2. The highest BCUT2D eigenvalue weighted by molar-refractivity contribution is 5.78. The zero-order valence-electron chi connectivity index (χ0n) is 17.8. The second-order valence-electron chi connectivity index (χ2n) is 7.38. The summed E-state index contributed by atoms with van der Waals surface area (Å²) in [5, 5.41) is 15.8. The summed E-state index contributed by atoms with van der Waals surface area (Å²) in [7, 11) is 3.10. The summed E-state index contributed by atoms with van der Waals surface area (Å²) in [5.74, 6) is -0.104. The number of para-hydroxylation sites is 1. The van der Waals surface area contributed by atoms with Gasteiger partial charge in [-0.05, 0) is 31.5 Å². The van der Waals surface area contributed by atoms with Crippen LogP contribution in [-0.2, 0) is 12.1 Å². The van der Waals surface area contributed by atoms with Gasteiger partial charge in [-0.15, -0.1) is 0 Å². The summed E-state index contributed by atoms with van der Waals surface area (Å²) in [6.45, 7) is 3.50. The monoisotopic (exact) mass is 434 g/mol. The van der Waals surface area contributed by atoms with Gasteiger partial charge in [-0.1, -0.05) is 18.2 Å². The van der Waals surface area contributed by atoms with Crippen LogP contribution < -0.4 is 4.74 Å². The fourth-order valence-electron chi connectivity index (χ4n) is 3.25. The van der Waals surface area contributed by atoms with Gasteiger partial charge >= 0.3 is 6.18 Å². The van der Waals surface area contributed by atoms with Gasteiger partial charge in [-0.3, -0.25) is 4.68 Å². The molecule has 1 aromatic heterocycles. The van der Waals surface area contributed by atoms with E-state index in [4.69, 9.17) is 4.74 Å². The molecule has 0 radical (unpaired) electrons. The van der Waals surface area contributed by atoms with Crippen LogP contribution >= 0.6 is 0 Å². The lowest BCUT2D eigenvalue weighted by atomic mass is 9.90. The van der Waals surface area contributed by atoms with Gasteiger partial charge < -0.3 is 14.7 Å². The molecular formula is C22H25F3N4O2. The number of fused-ring (bicyclic) bond motifs is 1. The number of rotatable bonds is 7. The molecule has 0 bridgehead atoms. The van der Waals surface area contributed by atoms with Crippen molar-refractivity contribution in [3.05, 3.63) is 53.7 Å². The van der Waals surface area contributed by atoms with Crippen LogP contribution in [0.5, 0.6) is 5.75 Å². The first kappa shape index (κ1) is 22.6. The molecule has 1 unspecified atom stereocenters. The second kappa shape index (κ2) is 8.58. The predicted octanol–water partition coefficient (Wildman–Crippen LogP) is 4.41. The first-order valence-electron chi connectivity index (χ1n) is 9.74. The maximum Gasteiger partial charge on any atom is 0.423 e. The van der Waals surface area contributed by atoms with Crippen LogP contribution in [-0.4, -0.2) is 53.0 Å². The normalized spacial score (nSPS) is 14.2. The summed E-state index contributed by atoms with van der Waals surface area (Å²) in [4.78, 5) is 6.16. The van der Waals surface area contributed by atoms with Crippen molar-refractivity contribution in [2.24, 2.45) is 4.99 Å². The van der Waals surface area contributed by atoms with Crippen LogP contribution in [0.3, 0.4) is 0 Å². The van der Waals surface area contributed by atoms with Crippen molar-refractivity contribution in [3.63, 3.8) is 0 Å². The average Bonchev–Trinajstić information content (AvgIpc) is 3.14. The Kier molecular flexibility index (Phi) is 6.26. The fourth-order valence-corrected chi connectivity index (χ4v) is 3.25. The highest BCUT2D eigenvalue weighted by Crippen LogP contribution is 2.46. The quantitative estimate of drug-likeness (QED) is 0.442. The van der Waals surface area contributed by atoms with Crippen LogP contribution in [0.25, 0.3) is 10.9 Å². The van der Waals surface area contributed by atoms with Crippen LogP contribution in [0.1, 0.15) is 18.1 Å². The SMILES string of the molecule is CCN(C)/C=N/c1cc(OC)c(C(O)(Cn2ncc3ccccc32)C(F)(F)F)cc1C. The summed E-state index contributed by atoms with van der Waals surface area (Å²) in [6, 6.07) is 9.56. The fraction of sp³-hybridized carbons (Fsp3) is 0.364. The molecule has 0 spiro atoms. The molecule has 6 nitrogen and oxygen atoms in total. The van der Waals surface area contributed by atoms with Gasteiger partial charge in [0.05, 0.1) is 37.4 Å². The molecule has 2 aromatic carbocycles. The standard InChI is InChI=1S/C22H25F3N4O2/c1-5-28(3)14-26-18-11-20(31-4)17(10-15(18)2)21(30,22(23,24)25)13-29-19-9-7-6-8-16(19)12-27-29/h6-12,14,30H,5,13H2,1-4H3/b26-14+. The second-order valence-corrected chi connectivity index (χ2v) is 7.38. The lowest BCUT2D eigenvalue weighted by Gasteiger charge is -2.32. The molecule has 0 aliphatic rings. The molecule has 9 heteroatoms. The highest BCUT2D eigenvalue weighted by Gasteiger charge is 2.57. The minimum absolute atomic E-state index is 0.104.